The summed E-state index contributed by atoms with van der Waals surface area (Å²) in [6, 6.07) is 16.7. The van der Waals surface area contributed by atoms with Gasteiger partial charge in [0.1, 0.15) is 0 Å². The number of hydrogen-bond acceptors (Lipinski definition) is 5. The van der Waals surface area contributed by atoms with Gasteiger partial charge in [-0.15, -0.1) is 0 Å². The number of guanidine groups is 1. The summed E-state index contributed by atoms with van der Waals surface area (Å²) in [5, 5.41) is 0. The number of ether oxygens (including phenoxy) is 1. The van der Waals surface area contributed by atoms with E-state index in [0.29, 0.717) is 42.4 Å². The molecule has 0 atom stereocenters. The van der Waals surface area contributed by atoms with Gasteiger partial charge in [-0.1, -0.05) is 36.4 Å². The summed E-state index contributed by atoms with van der Waals surface area (Å²) in [4.78, 5) is 33.6. The average Bonchev–Trinajstić information content (AvgIpc) is 3.08. The molecule has 136 valence electrons. The minimum Gasteiger partial charge on any atom is -0.466 e. The van der Waals surface area contributed by atoms with E-state index in [-0.39, 0.29) is 11.9 Å². The van der Waals surface area contributed by atoms with Gasteiger partial charge in [0.05, 0.1) is 24.9 Å². The minimum absolute atomic E-state index is 0.0986. The van der Waals surface area contributed by atoms with Crippen molar-refractivity contribution in [3.8, 4) is 0 Å². The minimum atomic E-state index is -0.376. The van der Waals surface area contributed by atoms with E-state index in [1.54, 1.807) is 17.0 Å². The quantitative estimate of drug-likeness (QED) is 0.772. The molecule has 0 bridgehead atoms. The van der Waals surface area contributed by atoms with Gasteiger partial charge in [0.2, 0.25) is 5.96 Å². The van der Waals surface area contributed by atoms with Gasteiger partial charge in [-0.3, -0.25) is 9.69 Å². The predicted molar refractivity (Wildman–Crippen MR) is 103 cm³/mol. The molecule has 27 heavy (non-hydrogen) atoms. The second kappa shape index (κ2) is 7.07. The third-order valence-corrected chi connectivity index (χ3v) is 4.68. The van der Waals surface area contributed by atoms with Crippen molar-refractivity contribution in [2.24, 2.45) is 4.99 Å². The molecule has 1 amide bonds. The highest BCUT2D eigenvalue weighted by atomic mass is 16.5. The highest BCUT2D eigenvalue weighted by molar-refractivity contribution is 6.08. The van der Waals surface area contributed by atoms with Crippen molar-refractivity contribution in [2.45, 2.75) is 0 Å². The van der Waals surface area contributed by atoms with Crippen molar-refractivity contribution >= 4 is 29.6 Å². The first kappa shape index (κ1) is 17.0. The van der Waals surface area contributed by atoms with Gasteiger partial charge >= 0.3 is 5.97 Å². The number of amides is 1. The Hall–Kier alpha value is -3.41. The van der Waals surface area contributed by atoms with Crippen LogP contribution in [0.3, 0.4) is 0 Å². The van der Waals surface area contributed by atoms with E-state index in [0.717, 1.165) is 5.56 Å². The van der Waals surface area contributed by atoms with Gasteiger partial charge in [-0.2, -0.15) is 0 Å². The second-order valence-electron chi connectivity index (χ2n) is 6.38. The standard InChI is InChI=1S/C21H19N3O3/c1-27-20(26)17-13-16-9-5-6-10-18(16)22-21-23(14-17)11-12-24(21)19(25)15-7-3-2-4-8-15/h2-10,13H,11-12,14H2,1H3/b17-13+,22-21?. The smallest absolute Gasteiger partial charge is 0.335 e. The average molecular weight is 361 g/mol. The Bertz CT molecular complexity index is 950. The summed E-state index contributed by atoms with van der Waals surface area (Å²) in [6.45, 7) is 1.47. The number of carbonyl (C=O) groups is 2. The fourth-order valence-corrected chi connectivity index (χ4v) is 3.31. The molecular weight excluding hydrogens is 342 g/mol. The molecule has 0 spiro atoms. The largest absolute Gasteiger partial charge is 0.466 e. The van der Waals surface area contributed by atoms with Gasteiger partial charge in [0, 0.05) is 24.2 Å². The van der Waals surface area contributed by atoms with Crippen molar-refractivity contribution in [2.75, 3.05) is 26.7 Å². The monoisotopic (exact) mass is 361 g/mol. The number of nitrogens with zero attached hydrogens (tertiary/aromatic N) is 3. The molecule has 1 saturated heterocycles. The number of carbonyl (C=O) groups excluding carboxylic acids is 2. The Morgan fingerprint density at radius 3 is 2.52 bits per heavy atom. The molecule has 0 aromatic heterocycles. The van der Waals surface area contributed by atoms with Crippen LogP contribution in [-0.2, 0) is 9.53 Å². The molecule has 2 aromatic rings. The van der Waals surface area contributed by atoms with E-state index in [4.69, 9.17) is 9.73 Å². The lowest BCUT2D eigenvalue weighted by atomic mass is 10.1. The molecule has 2 aromatic carbocycles. The first-order chi connectivity index (χ1) is 13.2. The topological polar surface area (TPSA) is 62.2 Å². The van der Waals surface area contributed by atoms with E-state index >= 15 is 0 Å². The summed E-state index contributed by atoms with van der Waals surface area (Å²) in [5.74, 6) is 0.0863. The van der Waals surface area contributed by atoms with Gasteiger partial charge in [0.25, 0.3) is 5.91 Å². The number of para-hydroxylation sites is 1. The third-order valence-electron chi connectivity index (χ3n) is 4.68. The van der Waals surface area contributed by atoms with Crippen LogP contribution in [0.1, 0.15) is 15.9 Å². The number of hydrogen-bond donors (Lipinski definition) is 0. The second-order valence-corrected chi connectivity index (χ2v) is 6.38. The van der Waals surface area contributed by atoms with Crippen LogP contribution in [0, 0.1) is 0 Å². The molecule has 1 fully saturated rings. The molecule has 0 saturated carbocycles. The van der Waals surface area contributed by atoms with E-state index in [2.05, 4.69) is 0 Å². The van der Waals surface area contributed by atoms with Gasteiger partial charge in [-0.25, -0.2) is 9.79 Å². The van der Waals surface area contributed by atoms with Crippen LogP contribution in [0.2, 0.25) is 0 Å². The summed E-state index contributed by atoms with van der Waals surface area (Å²) < 4.78 is 4.94. The molecule has 6 nitrogen and oxygen atoms in total. The lowest BCUT2D eigenvalue weighted by Crippen LogP contribution is -2.39. The Kier molecular flexibility index (Phi) is 4.46. The SMILES string of the molecule is COC(=O)/C1=C/c2ccccc2N=C2N(CCN2C(=O)c2ccccc2)C1. The molecule has 0 aliphatic carbocycles. The van der Waals surface area contributed by atoms with Crippen LogP contribution in [-0.4, -0.2) is 54.4 Å². The Morgan fingerprint density at radius 2 is 1.74 bits per heavy atom. The Morgan fingerprint density at radius 1 is 1.00 bits per heavy atom. The highest BCUT2D eigenvalue weighted by Crippen LogP contribution is 2.28. The molecule has 2 heterocycles. The van der Waals surface area contributed by atoms with Crippen LogP contribution in [0.5, 0.6) is 0 Å². The number of aliphatic imine (C=N–C) groups is 1. The van der Waals surface area contributed by atoms with E-state index < -0.39 is 0 Å². The molecule has 6 heteroatoms. The molecule has 2 aliphatic rings. The summed E-state index contributed by atoms with van der Waals surface area (Å²) >= 11 is 0. The fraction of sp³-hybridized carbons (Fsp3) is 0.190. The van der Waals surface area contributed by atoms with E-state index in [9.17, 15) is 9.59 Å². The number of methoxy groups -OCH3 is 1. The predicted octanol–water partition coefficient (Wildman–Crippen LogP) is 2.70. The van der Waals surface area contributed by atoms with Crippen molar-refractivity contribution in [1.82, 2.24) is 9.80 Å². The maximum atomic E-state index is 13.0. The van der Waals surface area contributed by atoms with Crippen LogP contribution in [0.25, 0.3) is 6.08 Å². The number of fused-ring (bicyclic) bond motifs is 2. The molecule has 0 N–H and O–H groups in total. The zero-order chi connectivity index (χ0) is 18.8. The lowest BCUT2D eigenvalue weighted by molar-refractivity contribution is -0.136. The van der Waals surface area contributed by atoms with Gasteiger partial charge in [0.15, 0.2) is 0 Å². The van der Waals surface area contributed by atoms with Crippen LogP contribution in [0.4, 0.5) is 5.69 Å². The fourth-order valence-electron chi connectivity index (χ4n) is 3.31. The molecule has 0 radical (unpaired) electrons. The summed E-state index contributed by atoms with van der Waals surface area (Å²) in [6.07, 6.45) is 1.81. The van der Waals surface area contributed by atoms with Crippen LogP contribution >= 0.6 is 0 Å². The Labute approximate surface area is 157 Å². The molecular formula is C21H19N3O3. The molecule has 2 aliphatic heterocycles. The van der Waals surface area contributed by atoms with Gasteiger partial charge in [-0.05, 0) is 24.3 Å². The first-order valence-electron chi connectivity index (χ1n) is 8.76. The van der Waals surface area contributed by atoms with E-state index in [1.807, 2.05) is 53.4 Å². The third kappa shape index (κ3) is 3.21. The number of benzene rings is 2. The Balaban J connectivity index is 1.76. The van der Waals surface area contributed by atoms with Crippen molar-refractivity contribution < 1.29 is 14.3 Å². The first-order valence-corrected chi connectivity index (χ1v) is 8.76. The van der Waals surface area contributed by atoms with Crippen molar-refractivity contribution in [1.29, 1.82) is 0 Å². The van der Waals surface area contributed by atoms with Crippen molar-refractivity contribution in [3.63, 3.8) is 0 Å². The molecule has 4 rings (SSSR count). The zero-order valence-electron chi connectivity index (χ0n) is 15.0. The van der Waals surface area contributed by atoms with Crippen LogP contribution in [0.15, 0.2) is 65.2 Å². The lowest BCUT2D eigenvalue weighted by Gasteiger charge is -2.24. The van der Waals surface area contributed by atoms with Crippen LogP contribution < -0.4 is 0 Å². The van der Waals surface area contributed by atoms with Crippen molar-refractivity contribution in [3.05, 3.63) is 71.3 Å². The van der Waals surface area contributed by atoms with E-state index in [1.165, 1.54) is 7.11 Å². The summed E-state index contributed by atoms with van der Waals surface area (Å²) in [5.41, 5.74) is 2.68. The highest BCUT2D eigenvalue weighted by Gasteiger charge is 2.34. The van der Waals surface area contributed by atoms with Gasteiger partial charge < -0.3 is 9.64 Å². The zero-order valence-corrected chi connectivity index (χ0v) is 15.0. The summed E-state index contributed by atoms with van der Waals surface area (Å²) in [7, 11) is 1.37. The number of esters is 1. The normalized spacial score (nSPS) is 17.7. The number of rotatable bonds is 2. The maximum absolute atomic E-state index is 13.0. The maximum Gasteiger partial charge on any atom is 0.335 e. The molecule has 0 unspecified atom stereocenters.